The highest BCUT2D eigenvalue weighted by Gasteiger charge is 2.10. The summed E-state index contributed by atoms with van der Waals surface area (Å²) in [6.07, 6.45) is 3.89. The fraction of sp³-hybridized carbons (Fsp3) is 0.188. The van der Waals surface area contributed by atoms with E-state index in [0.717, 1.165) is 24.2 Å². The molecule has 0 aliphatic rings. The lowest BCUT2D eigenvalue weighted by molar-refractivity contribution is 0.624. The van der Waals surface area contributed by atoms with E-state index in [1.165, 1.54) is 5.56 Å². The molecule has 0 fully saturated rings. The van der Waals surface area contributed by atoms with Gasteiger partial charge in [-0.15, -0.1) is 0 Å². The topological polar surface area (TPSA) is 43.8 Å². The van der Waals surface area contributed by atoms with Crippen LogP contribution in [-0.2, 0) is 6.42 Å². The first-order valence-electron chi connectivity index (χ1n) is 6.70. The summed E-state index contributed by atoms with van der Waals surface area (Å²) in [5.41, 5.74) is 9.59. The molecule has 0 aliphatic heterocycles. The van der Waals surface area contributed by atoms with Gasteiger partial charge in [0.25, 0.3) is 0 Å². The highest BCUT2D eigenvalue weighted by atomic mass is 32.1. The van der Waals surface area contributed by atoms with Crippen LogP contribution in [0.3, 0.4) is 0 Å². The Hall–Kier alpha value is -1.91. The minimum absolute atomic E-state index is 0.0140. The molecule has 4 heteroatoms. The summed E-state index contributed by atoms with van der Waals surface area (Å²) >= 11 is 1.73. The molecule has 1 unspecified atom stereocenters. The molecule has 0 spiro atoms. The second-order valence-electron chi connectivity index (χ2n) is 4.80. The Bertz CT molecular complexity index is 643. The Labute approximate surface area is 122 Å². The summed E-state index contributed by atoms with van der Waals surface area (Å²) < 4.78 is 1.87. The highest BCUT2D eigenvalue weighted by molar-refractivity contribution is 7.07. The van der Waals surface area contributed by atoms with Crippen LogP contribution in [0.25, 0.3) is 5.69 Å². The number of rotatable bonds is 5. The number of hydrogen-bond donors (Lipinski definition) is 1. The van der Waals surface area contributed by atoms with E-state index in [9.17, 15) is 0 Å². The van der Waals surface area contributed by atoms with Gasteiger partial charge in [0.1, 0.15) is 0 Å². The van der Waals surface area contributed by atoms with Crippen LogP contribution in [0.2, 0.25) is 0 Å². The first-order valence-corrected chi connectivity index (χ1v) is 7.65. The van der Waals surface area contributed by atoms with Gasteiger partial charge in [-0.05, 0) is 53.4 Å². The summed E-state index contributed by atoms with van der Waals surface area (Å²) in [5, 5.41) is 8.85. The first kappa shape index (κ1) is 13.1. The van der Waals surface area contributed by atoms with Crippen molar-refractivity contribution >= 4 is 11.3 Å². The summed E-state index contributed by atoms with van der Waals surface area (Å²) in [6.45, 7) is 0. The minimum Gasteiger partial charge on any atom is -0.323 e. The Morgan fingerprint density at radius 2 is 2.00 bits per heavy atom. The Morgan fingerprint density at radius 1 is 1.15 bits per heavy atom. The van der Waals surface area contributed by atoms with Crippen molar-refractivity contribution in [1.29, 1.82) is 0 Å². The number of aryl methyl sites for hydroxylation is 1. The Kier molecular flexibility index (Phi) is 3.95. The van der Waals surface area contributed by atoms with Gasteiger partial charge in [0.2, 0.25) is 0 Å². The number of hydrogen-bond acceptors (Lipinski definition) is 3. The molecule has 0 radical (unpaired) electrons. The second-order valence-corrected chi connectivity index (χ2v) is 5.58. The van der Waals surface area contributed by atoms with Crippen molar-refractivity contribution in [1.82, 2.24) is 9.78 Å². The SMILES string of the molecule is NC(CCc1ccsc1)c1ccn(-c2ccccc2)n1. The van der Waals surface area contributed by atoms with E-state index in [0.29, 0.717) is 0 Å². The standard InChI is InChI=1S/C16H17N3S/c17-15(7-6-13-9-11-20-12-13)16-8-10-19(18-16)14-4-2-1-3-5-14/h1-5,8-12,15H,6-7,17H2. The molecule has 0 saturated heterocycles. The van der Waals surface area contributed by atoms with Gasteiger partial charge in [-0.1, -0.05) is 18.2 Å². The molecule has 20 heavy (non-hydrogen) atoms. The molecule has 3 aromatic rings. The molecule has 1 atom stereocenters. The Morgan fingerprint density at radius 3 is 2.75 bits per heavy atom. The number of benzene rings is 1. The van der Waals surface area contributed by atoms with Crippen molar-refractivity contribution in [3.63, 3.8) is 0 Å². The highest BCUT2D eigenvalue weighted by Crippen LogP contribution is 2.17. The minimum atomic E-state index is -0.0140. The third-order valence-corrected chi connectivity index (χ3v) is 4.07. The summed E-state index contributed by atoms with van der Waals surface area (Å²) in [6, 6.07) is 14.2. The molecule has 3 nitrogen and oxygen atoms in total. The van der Waals surface area contributed by atoms with Crippen molar-refractivity contribution in [2.24, 2.45) is 5.73 Å². The lowest BCUT2D eigenvalue weighted by Crippen LogP contribution is -2.12. The molecule has 1 aromatic carbocycles. The number of nitrogens with two attached hydrogens (primary N) is 1. The smallest absolute Gasteiger partial charge is 0.0796 e. The number of nitrogens with zero attached hydrogens (tertiary/aromatic N) is 2. The van der Waals surface area contributed by atoms with Crippen LogP contribution in [0.4, 0.5) is 0 Å². The molecule has 2 aromatic heterocycles. The number of para-hydroxylation sites is 1. The van der Waals surface area contributed by atoms with Gasteiger partial charge in [-0.3, -0.25) is 0 Å². The second kappa shape index (κ2) is 6.03. The summed E-state index contributed by atoms with van der Waals surface area (Å²) in [5.74, 6) is 0. The van der Waals surface area contributed by atoms with Crippen LogP contribution in [-0.4, -0.2) is 9.78 Å². The molecule has 0 aliphatic carbocycles. The molecule has 3 rings (SSSR count). The van der Waals surface area contributed by atoms with Gasteiger partial charge >= 0.3 is 0 Å². The molecule has 0 bridgehead atoms. The molecule has 0 saturated carbocycles. The Balaban J connectivity index is 1.67. The van der Waals surface area contributed by atoms with E-state index in [1.807, 2.05) is 47.3 Å². The molecular weight excluding hydrogens is 266 g/mol. The molecule has 2 heterocycles. The predicted molar refractivity (Wildman–Crippen MR) is 83.1 cm³/mol. The van der Waals surface area contributed by atoms with E-state index in [2.05, 4.69) is 21.9 Å². The van der Waals surface area contributed by atoms with E-state index in [-0.39, 0.29) is 6.04 Å². The molecule has 102 valence electrons. The third-order valence-electron chi connectivity index (χ3n) is 3.33. The van der Waals surface area contributed by atoms with E-state index in [1.54, 1.807) is 11.3 Å². The lowest BCUT2D eigenvalue weighted by atomic mass is 10.1. The zero-order chi connectivity index (χ0) is 13.8. The van der Waals surface area contributed by atoms with Crippen LogP contribution < -0.4 is 5.73 Å². The monoisotopic (exact) mass is 283 g/mol. The van der Waals surface area contributed by atoms with E-state index >= 15 is 0 Å². The summed E-state index contributed by atoms with van der Waals surface area (Å²) in [4.78, 5) is 0. The van der Waals surface area contributed by atoms with Gasteiger partial charge in [0.15, 0.2) is 0 Å². The quantitative estimate of drug-likeness (QED) is 0.778. The summed E-state index contributed by atoms with van der Waals surface area (Å²) in [7, 11) is 0. The molecule has 0 amide bonds. The average molecular weight is 283 g/mol. The zero-order valence-corrected chi connectivity index (χ0v) is 12.0. The van der Waals surface area contributed by atoms with Crippen molar-refractivity contribution in [3.8, 4) is 5.69 Å². The van der Waals surface area contributed by atoms with Crippen molar-refractivity contribution in [2.45, 2.75) is 18.9 Å². The zero-order valence-electron chi connectivity index (χ0n) is 11.1. The largest absolute Gasteiger partial charge is 0.323 e. The number of thiophene rings is 1. The predicted octanol–water partition coefficient (Wildman–Crippen LogP) is 3.57. The maximum atomic E-state index is 6.23. The first-order chi connectivity index (χ1) is 9.83. The fourth-order valence-corrected chi connectivity index (χ4v) is 2.87. The van der Waals surface area contributed by atoms with Gasteiger partial charge in [-0.25, -0.2) is 4.68 Å². The maximum Gasteiger partial charge on any atom is 0.0796 e. The van der Waals surface area contributed by atoms with Crippen LogP contribution >= 0.6 is 11.3 Å². The lowest BCUT2D eigenvalue weighted by Gasteiger charge is -2.08. The third kappa shape index (κ3) is 2.98. The average Bonchev–Trinajstić information content (AvgIpc) is 3.17. The van der Waals surface area contributed by atoms with Crippen LogP contribution in [0.1, 0.15) is 23.7 Å². The van der Waals surface area contributed by atoms with Crippen LogP contribution in [0.15, 0.2) is 59.4 Å². The van der Waals surface area contributed by atoms with Crippen LogP contribution in [0, 0.1) is 0 Å². The van der Waals surface area contributed by atoms with Gasteiger partial charge in [-0.2, -0.15) is 16.4 Å². The van der Waals surface area contributed by atoms with Gasteiger partial charge in [0.05, 0.1) is 11.4 Å². The van der Waals surface area contributed by atoms with Crippen molar-refractivity contribution < 1.29 is 0 Å². The van der Waals surface area contributed by atoms with E-state index in [4.69, 9.17) is 5.73 Å². The fourth-order valence-electron chi connectivity index (χ4n) is 2.17. The van der Waals surface area contributed by atoms with Gasteiger partial charge in [0, 0.05) is 12.2 Å². The van der Waals surface area contributed by atoms with Crippen LogP contribution in [0.5, 0.6) is 0 Å². The molecule has 2 N–H and O–H groups in total. The van der Waals surface area contributed by atoms with Gasteiger partial charge < -0.3 is 5.73 Å². The molecular formula is C16H17N3S. The number of aromatic nitrogens is 2. The van der Waals surface area contributed by atoms with Crippen molar-refractivity contribution in [2.75, 3.05) is 0 Å². The van der Waals surface area contributed by atoms with Crippen molar-refractivity contribution in [3.05, 3.63) is 70.7 Å². The van der Waals surface area contributed by atoms with E-state index < -0.39 is 0 Å². The maximum absolute atomic E-state index is 6.23. The normalized spacial score (nSPS) is 12.4.